The molecule has 4 aromatic rings. The Kier molecular flexibility index (Phi) is 10.1. The third kappa shape index (κ3) is 7.36. The number of anilines is 1. The molecule has 0 N–H and O–H groups in total. The number of fused-ring (bicyclic) bond motifs is 1. The summed E-state index contributed by atoms with van der Waals surface area (Å²) in [5, 5.41) is 6.15. The Hall–Kier alpha value is -3.87. The zero-order valence-electron chi connectivity index (χ0n) is 28.1. The molecule has 262 valence electrons. The number of nitrogens with zero attached hydrogens (tertiary/aromatic N) is 5. The minimum absolute atomic E-state index is 0.155. The molecule has 14 heteroatoms. The molecule has 49 heavy (non-hydrogen) atoms. The van der Waals surface area contributed by atoms with Crippen molar-refractivity contribution in [3.63, 3.8) is 0 Å². The first kappa shape index (κ1) is 35.0. The fourth-order valence-electron chi connectivity index (χ4n) is 6.25. The molecule has 2 aliphatic heterocycles. The van der Waals surface area contributed by atoms with Gasteiger partial charge in [0.15, 0.2) is 17.7 Å². The molecule has 4 heterocycles. The van der Waals surface area contributed by atoms with Crippen molar-refractivity contribution in [1.29, 1.82) is 0 Å². The van der Waals surface area contributed by atoms with Gasteiger partial charge in [0.1, 0.15) is 34.7 Å². The molecule has 0 saturated carbocycles. The smallest absolute Gasteiger partial charge is 0.410 e. The molecule has 6 rings (SSSR count). The number of pyridine rings is 1. The zero-order valence-corrected chi connectivity index (χ0v) is 29.6. The Labute approximate surface area is 293 Å². The molecule has 1 amide bonds. The van der Waals surface area contributed by atoms with Gasteiger partial charge in [0.05, 0.1) is 22.7 Å². The van der Waals surface area contributed by atoms with E-state index >= 15 is 8.78 Å². The Morgan fingerprint density at radius 3 is 2.27 bits per heavy atom. The van der Waals surface area contributed by atoms with Crippen LogP contribution in [0.5, 0.6) is 11.5 Å². The van der Waals surface area contributed by atoms with Gasteiger partial charge in [-0.2, -0.15) is 5.10 Å². The molecule has 2 atom stereocenters. The normalized spacial score (nSPS) is 17.7. The maximum Gasteiger partial charge on any atom is 0.410 e. The van der Waals surface area contributed by atoms with Crippen molar-refractivity contribution in [1.82, 2.24) is 19.7 Å². The van der Waals surface area contributed by atoms with Gasteiger partial charge < -0.3 is 28.7 Å². The average molecular weight is 719 g/mol. The van der Waals surface area contributed by atoms with Crippen LogP contribution in [0.3, 0.4) is 0 Å². The van der Waals surface area contributed by atoms with Gasteiger partial charge in [-0.15, -0.1) is 0 Å². The first-order chi connectivity index (χ1) is 23.3. The van der Waals surface area contributed by atoms with E-state index in [1.165, 1.54) is 31.6 Å². The summed E-state index contributed by atoms with van der Waals surface area (Å²) >= 11 is 12.8. The number of benzene rings is 2. The van der Waals surface area contributed by atoms with Crippen LogP contribution in [0.25, 0.3) is 22.2 Å². The van der Waals surface area contributed by atoms with Gasteiger partial charge in [-0.3, -0.25) is 4.98 Å². The molecule has 2 fully saturated rings. The van der Waals surface area contributed by atoms with Gasteiger partial charge in [0.2, 0.25) is 0 Å². The maximum absolute atomic E-state index is 15.9. The van der Waals surface area contributed by atoms with E-state index in [4.69, 9.17) is 47.2 Å². The lowest BCUT2D eigenvalue weighted by Gasteiger charge is -2.37. The van der Waals surface area contributed by atoms with E-state index in [1.807, 2.05) is 0 Å². The fourth-order valence-corrected chi connectivity index (χ4v) is 6.92. The SMILES string of the molecule is COc1cc2c(cc1O[C@H](C)c1c(Cl)cncc1Cl)c(-c1cc(F)c(N3CCN(C(=O)OC(C)(C)C)CC3)c(F)c1)nn2C1CCCCO1. The van der Waals surface area contributed by atoms with Gasteiger partial charge in [-0.25, -0.2) is 18.3 Å². The summed E-state index contributed by atoms with van der Waals surface area (Å²) in [6.45, 7) is 8.78. The van der Waals surface area contributed by atoms with Crippen molar-refractivity contribution in [2.75, 3.05) is 44.8 Å². The van der Waals surface area contributed by atoms with Gasteiger partial charge in [-0.05, 0) is 65.2 Å². The van der Waals surface area contributed by atoms with E-state index in [9.17, 15) is 4.79 Å². The Bertz CT molecular complexity index is 1810. The predicted molar refractivity (Wildman–Crippen MR) is 184 cm³/mol. The highest BCUT2D eigenvalue weighted by atomic mass is 35.5. The average Bonchev–Trinajstić information content (AvgIpc) is 3.42. The van der Waals surface area contributed by atoms with Gasteiger partial charge in [0.25, 0.3) is 0 Å². The highest BCUT2D eigenvalue weighted by Crippen LogP contribution is 2.43. The van der Waals surface area contributed by atoms with Crippen molar-refractivity contribution < 1.29 is 32.5 Å². The van der Waals surface area contributed by atoms with Crippen LogP contribution in [-0.4, -0.2) is 71.3 Å². The number of aromatic nitrogens is 3. The Morgan fingerprint density at radius 1 is 1.00 bits per heavy atom. The summed E-state index contributed by atoms with van der Waals surface area (Å²) in [7, 11) is 1.53. The molecule has 0 bridgehead atoms. The number of piperazine rings is 1. The van der Waals surface area contributed by atoms with Crippen LogP contribution >= 0.6 is 23.2 Å². The predicted octanol–water partition coefficient (Wildman–Crippen LogP) is 8.59. The minimum atomic E-state index is -0.738. The lowest BCUT2D eigenvalue weighted by Crippen LogP contribution is -2.50. The summed E-state index contributed by atoms with van der Waals surface area (Å²) in [4.78, 5) is 19.7. The van der Waals surface area contributed by atoms with E-state index in [1.54, 1.807) is 54.3 Å². The molecule has 2 aliphatic rings. The Balaban J connectivity index is 1.36. The second kappa shape index (κ2) is 14.2. The van der Waals surface area contributed by atoms with Crippen molar-refractivity contribution in [3.8, 4) is 22.8 Å². The molecule has 1 unspecified atom stereocenters. The number of carbonyl (C=O) groups is 1. The molecule has 2 aromatic heterocycles. The highest BCUT2D eigenvalue weighted by Gasteiger charge is 2.30. The third-order valence-electron chi connectivity index (χ3n) is 8.56. The molecule has 2 aromatic carbocycles. The van der Waals surface area contributed by atoms with Crippen LogP contribution < -0.4 is 14.4 Å². The zero-order chi connectivity index (χ0) is 35.0. The largest absolute Gasteiger partial charge is 0.493 e. The lowest BCUT2D eigenvalue weighted by atomic mass is 10.0. The molecule has 10 nitrogen and oxygen atoms in total. The van der Waals surface area contributed by atoms with Crippen LogP contribution in [0.2, 0.25) is 10.0 Å². The van der Waals surface area contributed by atoms with Crippen LogP contribution in [0.4, 0.5) is 19.3 Å². The fraction of sp³-hybridized carbons (Fsp3) is 0.457. The molecular formula is C35H39Cl2F2N5O5. The minimum Gasteiger partial charge on any atom is -0.493 e. The second-order valence-electron chi connectivity index (χ2n) is 13.2. The number of ether oxygens (including phenoxy) is 4. The van der Waals surface area contributed by atoms with Gasteiger partial charge >= 0.3 is 6.09 Å². The molecule has 0 spiro atoms. The maximum atomic E-state index is 15.9. The van der Waals surface area contributed by atoms with Crippen LogP contribution in [0.1, 0.15) is 64.9 Å². The van der Waals surface area contributed by atoms with E-state index in [0.717, 1.165) is 19.3 Å². The number of methoxy groups -OCH3 is 1. The lowest BCUT2D eigenvalue weighted by molar-refractivity contribution is -0.0365. The second-order valence-corrected chi connectivity index (χ2v) is 14.0. The Morgan fingerprint density at radius 2 is 1.67 bits per heavy atom. The van der Waals surface area contributed by atoms with Gasteiger partial charge in [0, 0.05) is 67.8 Å². The van der Waals surface area contributed by atoms with Crippen molar-refractivity contribution >= 4 is 45.9 Å². The molecule has 2 saturated heterocycles. The first-order valence-electron chi connectivity index (χ1n) is 16.2. The first-order valence-corrected chi connectivity index (χ1v) is 17.0. The summed E-state index contributed by atoms with van der Waals surface area (Å²) in [5.41, 5.74) is 1.01. The quantitative estimate of drug-likeness (QED) is 0.188. The van der Waals surface area contributed by atoms with E-state index in [-0.39, 0.29) is 43.7 Å². The molecular weight excluding hydrogens is 679 g/mol. The van der Waals surface area contributed by atoms with E-state index in [2.05, 4.69) is 4.98 Å². The monoisotopic (exact) mass is 717 g/mol. The standard InChI is InChI=1S/C35H39Cl2F2N5O5/c1-20(31-23(36)18-40-19-24(31)37)48-29-16-22-27(17-28(29)46-5)44(30-8-6-7-13-47-30)41-32(22)21-14-25(38)33(26(39)15-21)42-9-11-43(12-10-42)34(45)49-35(2,3)4/h14-20,30H,6-13H2,1-5H3/t20-,30?/m1/s1. The number of hydrogen-bond acceptors (Lipinski definition) is 8. The summed E-state index contributed by atoms with van der Waals surface area (Å²) < 4.78 is 57.2. The van der Waals surface area contributed by atoms with Crippen molar-refractivity contribution in [2.45, 2.75) is 64.9 Å². The molecule has 0 aliphatic carbocycles. The third-order valence-corrected chi connectivity index (χ3v) is 9.16. The van der Waals surface area contributed by atoms with Gasteiger partial charge in [-0.1, -0.05) is 23.2 Å². The van der Waals surface area contributed by atoms with E-state index in [0.29, 0.717) is 50.3 Å². The number of hydrogen-bond donors (Lipinski definition) is 0. The van der Waals surface area contributed by atoms with E-state index < -0.39 is 29.4 Å². The number of halogens is 4. The van der Waals surface area contributed by atoms with Crippen LogP contribution in [-0.2, 0) is 9.47 Å². The van der Waals surface area contributed by atoms with Crippen molar-refractivity contribution in [2.24, 2.45) is 0 Å². The molecule has 0 radical (unpaired) electrons. The topological polar surface area (TPSA) is 91.2 Å². The highest BCUT2D eigenvalue weighted by molar-refractivity contribution is 6.35. The number of carbonyl (C=O) groups excluding carboxylic acids is 1. The summed E-state index contributed by atoms with van der Waals surface area (Å²) in [5.74, 6) is -0.699. The summed E-state index contributed by atoms with van der Waals surface area (Å²) in [6, 6.07) is 6.11. The number of rotatable bonds is 7. The van der Waals surface area contributed by atoms with Crippen LogP contribution in [0.15, 0.2) is 36.7 Å². The van der Waals surface area contributed by atoms with Crippen LogP contribution in [0, 0.1) is 11.6 Å². The number of amides is 1. The summed E-state index contributed by atoms with van der Waals surface area (Å²) in [6.07, 6.45) is 4.17. The van der Waals surface area contributed by atoms with Crippen molar-refractivity contribution in [3.05, 3.63) is 63.9 Å².